The van der Waals surface area contributed by atoms with Crippen LogP contribution >= 0.6 is 11.3 Å². The van der Waals surface area contributed by atoms with Gasteiger partial charge in [0.05, 0.1) is 6.54 Å². The first kappa shape index (κ1) is 17.8. The number of rotatable bonds is 6. The average molecular weight is 352 g/mol. The average Bonchev–Trinajstić information content (AvgIpc) is 3.06. The van der Waals surface area contributed by atoms with E-state index in [1.54, 1.807) is 17.5 Å². The highest BCUT2D eigenvalue weighted by Gasteiger charge is 2.43. The minimum absolute atomic E-state index is 0.0645. The number of hydrogen-bond acceptors (Lipinski definition) is 5. The van der Waals surface area contributed by atoms with Crippen molar-refractivity contribution in [1.82, 2.24) is 14.8 Å². The van der Waals surface area contributed by atoms with Crippen LogP contribution in [-0.4, -0.2) is 58.1 Å². The first-order valence-corrected chi connectivity index (χ1v) is 10.0. The van der Waals surface area contributed by atoms with Gasteiger partial charge in [0.2, 0.25) is 0 Å². The molecular weight excluding hydrogens is 322 g/mol. The Balaban J connectivity index is 1.57. The number of thiazole rings is 1. The Morgan fingerprint density at radius 3 is 2.88 bits per heavy atom. The smallest absolute Gasteiger partial charge is 0.255 e. The van der Waals surface area contributed by atoms with Crippen molar-refractivity contribution in [3.8, 4) is 0 Å². The van der Waals surface area contributed by atoms with Gasteiger partial charge in [-0.05, 0) is 38.6 Å². The van der Waals surface area contributed by atoms with E-state index in [2.05, 4.69) is 4.98 Å². The lowest BCUT2D eigenvalue weighted by atomic mass is 9.86. The number of nitrogens with zero attached hydrogens (tertiary/aromatic N) is 3. The van der Waals surface area contributed by atoms with Crippen molar-refractivity contribution in [3.05, 3.63) is 16.6 Å². The van der Waals surface area contributed by atoms with E-state index in [0.717, 1.165) is 24.5 Å². The number of amides is 1. The predicted molar refractivity (Wildman–Crippen MR) is 95.8 cm³/mol. The minimum atomic E-state index is -1.24. The van der Waals surface area contributed by atoms with Crippen LogP contribution < -0.4 is 0 Å². The third kappa shape index (κ3) is 4.35. The van der Waals surface area contributed by atoms with Gasteiger partial charge in [0.1, 0.15) is 5.01 Å². The summed E-state index contributed by atoms with van der Waals surface area (Å²) in [5.74, 6) is 0.559. The number of aromatic nitrogens is 1. The molecular formula is C18H29N3O2S. The molecule has 0 radical (unpaired) electrons. The fraction of sp³-hybridized carbons (Fsp3) is 0.778. The Labute approximate surface area is 148 Å². The molecule has 5 nitrogen and oxygen atoms in total. The summed E-state index contributed by atoms with van der Waals surface area (Å²) in [6.07, 6.45) is 9.60. The molecule has 1 unspecified atom stereocenters. The van der Waals surface area contributed by atoms with Gasteiger partial charge in [-0.2, -0.15) is 0 Å². The number of carbonyl (C=O) groups excluding carboxylic acids is 1. The molecule has 1 aliphatic heterocycles. The fourth-order valence-corrected chi connectivity index (χ4v) is 4.83. The number of aliphatic hydroxyl groups is 1. The Hall–Kier alpha value is -0.980. The van der Waals surface area contributed by atoms with E-state index in [9.17, 15) is 9.90 Å². The second-order valence-electron chi connectivity index (χ2n) is 7.49. The van der Waals surface area contributed by atoms with Gasteiger partial charge in [0.15, 0.2) is 5.60 Å². The van der Waals surface area contributed by atoms with Crippen LogP contribution in [0.5, 0.6) is 0 Å². The second kappa shape index (κ2) is 7.93. The minimum Gasteiger partial charge on any atom is -0.379 e. The zero-order chi connectivity index (χ0) is 17.0. The van der Waals surface area contributed by atoms with E-state index in [1.165, 1.54) is 32.1 Å². The molecule has 1 saturated carbocycles. The van der Waals surface area contributed by atoms with E-state index in [0.29, 0.717) is 25.4 Å². The molecule has 1 aromatic heterocycles. The zero-order valence-corrected chi connectivity index (χ0v) is 15.4. The molecule has 3 rings (SSSR count). The van der Waals surface area contributed by atoms with Gasteiger partial charge in [0, 0.05) is 31.2 Å². The zero-order valence-electron chi connectivity index (χ0n) is 14.6. The summed E-state index contributed by atoms with van der Waals surface area (Å²) in [4.78, 5) is 21.1. The van der Waals surface area contributed by atoms with Crippen molar-refractivity contribution in [2.75, 3.05) is 26.7 Å². The number of carbonyl (C=O) groups is 1. The Morgan fingerprint density at radius 2 is 2.17 bits per heavy atom. The number of hydrogen-bond donors (Lipinski definition) is 1. The van der Waals surface area contributed by atoms with E-state index in [4.69, 9.17) is 0 Å². The molecule has 24 heavy (non-hydrogen) atoms. The summed E-state index contributed by atoms with van der Waals surface area (Å²) >= 11 is 1.61. The maximum Gasteiger partial charge on any atom is 0.255 e. The molecule has 1 aliphatic carbocycles. The number of likely N-dealkylation sites (tertiary alicyclic amines) is 1. The van der Waals surface area contributed by atoms with Gasteiger partial charge in [-0.15, -0.1) is 11.3 Å². The van der Waals surface area contributed by atoms with E-state index < -0.39 is 5.60 Å². The maximum absolute atomic E-state index is 12.9. The number of likely N-dealkylation sites (N-methyl/N-ethyl adjacent to an activating group) is 1. The summed E-state index contributed by atoms with van der Waals surface area (Å²) in [6.45, 7) is 2.69. The van der Waals surface area contributed by atoms with Crippen LogP contribution in [0.15, 0.2) is 11.6 Å². The first-order chi connectivity index (χ1) is 11.6. The van der Waals surface area contributed by atoms with Gasteiger partial charge in [-0.25, -0.2) is 4.98 Å². The van der Waals surface area contributed by atoms with Gasteiger partial charge in [-0.3, -0.25) is 9.69 Å². The highest BCUT2D eigenvalue weighted by Crippen LogP contribution is 2.29. The van der Waals surface area contributed by atoms with Crippen LogP contribution in [0.1, 0.15) is 50.0 Å². The molecule has 1 amide bonds. The van der Waals surface area contributed by atoms with Crippen LogP contribution in [0.4, 0.5) is 0 Å². The molecule has 6 heteroatoms. The maximum atomic E-state index is 12.9. The van der Waals surface area contributed by atoms with E-state index >= 15 is 0 Å². The molecule has 1 N–H and O–H groups in total. The third-order valence-electron chi connectivity index (χ3n) is 5.33. The molecule has 0 aromatic carbocycles. The van der Waals surface area contributed by atoms with Gasteiger partial charge >= 0.3 is 0 Å². The lowest BCUT2D eigenvalue weighted by Crippen LogP contribution is -2.58. The first-order valence-electron chi connectivity index (χ1n) is 9.15. The molecule has 0 bridgehead atoms. The lowest BCUT2D eigenvalue weighted by Gasteiger charge is -2.41. The summed E-state index contributed by atoms with van der Waals surface area (Å²) < 4.78 is 0. The topological polar surface area (TPSA) is 56.7 Å². The van der Waals surface area contributed by atoms with Gasteiger partial charge < -0.3 is 10.0 Å². The predicted octanol–water partition coefficient (Wildman–Crippen LogP) is 2.51. The highest BCUT2D eigenvalue weighted by molar-refractivity contribution is 7.09. The van der Waals surface area contributed by atoms with Crippen molar-refractivity contribution >= 4 is 17.2 Å². The Kier molecular flexibility index (Phi) is 5.89. The molecule has 1 atom stereocenters. The largest absolute Gasteiger partial charge is 0.379 e. The summed E-state index contributed by atoms with van der Waals surface area (Å²) in [7, 11) is 1.95. The van der Waals surface area contributed by atoms with Gasteiger partial charge in [-0.1, -0.05) is 19.3 Å². The third-order valence-corrected chi connectivity index (χ3v) is 6.09. The van der Waals surface area contributed by atoms with Crippen LogP contribution in [-0.2, 0) is 11.3 Å². The molecule has 2 heterocycles. The van der Waals surface area contributed by atoms with Crippen LogP contribution in [0.2, 0.25) is 0 Å². The fourth-order valence-electron chi connectivity index (χ4n) is 4.13. The van der Waals surface area contributed by atoms with Crippen molar-refractivity contribution in [2.24, 2.45) is 5.92 Å². The molecule has 1 saturated heterocycles. The van der Waals surface area contributed by atoms with Crippen LogP contribution in [0, 0.1) is 5.92 Å². The van der Waals surface area contributed by atoms with Crippen LogP contribution in [0.3, 0.4) is 0 Å². The standard InChI is InChI=1S/C18H29N3O2S/c1-20(13-16-19-9-11-24-16)14-18(23)8-5-10-21(17(18)22)12-15-6-3-2-4-7-15/h9,11,15,23H,2-8,10,12-14H2,1H3. The molecule has 134 valence electrons. The van der Waals surface area contributed by atoms with Gasteiger partial charge in [0.25, 0.3) is 5.91 Å². The molecule has 0 spiro atoms. The van der Waals surface area contributed by atoms with Crippen molar-refractivity contribution in [2.45, 2.75) is 57.1 Å². The summed E-state index contributed by atoms with van der Waals surface area (Å²) in [5.41, 5.74) is -1.24. The van der Waals surface area contributed by atoms with Crippen molar-refractivity contribution in [1.29, 1.82) is 0 Å². The quantitative estimate of drug-likeness (QED) is 0.856. The van der Waals surface area contributed by atoms with E-state index in [-0.39, 0.29) is 5.91 Å². The SMILES string of the molecule is CN(Cc1nccs1)CC1(O)CCCN(CC2CCCCC2)C1=O. The monoisotopic (exact) mass is 351 g/mol. The second-order valence-corrected chi connectivity index (χ2v) is 8.47. The lowest BCUT2D eigenvalue weighted by molar-refractivity contribution is -0.160. The normalized spacial score (nSPS) is 26.3. The Morgan fingerprint density at radius 1 is 1.38 bits per heavy atom. The number of piperidine rings is 1. The van der Waals surface area contributed by atoms with E-state index in [1.807, 2.05) is 22.2 Å². The highest BCUT2D eigenvalue weighted by atomic mass is 32.1. The molecule has 2 fully saturated rings. The van der Waals surface area contributed by atoms with Crippen LogP contribution in [0.25, 0.3) is 0 Å². The molecule has 1 aromatic rings. The Bertz CT molecular complexity index is 530. The summed E-state index contributed by atoms with van der Waals surface area (Å²) in [5, 5.41) is 14.0. The van der Waals surface area contributed by atoms with Crippen molar-refractivity contribution in [3.63, 3.8) is 0 Å². The van der Waals surface area contributed by atoms with Crippen molar-refractivity contribution < 1.29 is 9.90 Å². The summed E-state index contributed by atoms with van der Waals surface area (Å²) in [6, 6.07) is 0. The molecule has 2 aliphatic rings.